The lowest BCUT2D eigenvalue weighted by Crippen LogP contribution is -1.94. The van der Waals surface area contributed by atoms with Crippen LogP contribution in [0.15, 0.2) is 18.1 Å². The highest BCUT2D eigenvalue weighted by atomic mass is 16.3. The van der Waals surface area contributed by atoms with Crippen molar-refractivity contribution in [2.45, 2.75) is 39.2 Å². The Balaban J connectivity index is 4.41. The Hall–Kier alpha value is -0.980. The van der Waals surface area contributed by atoms with Gasteiger partial charge in [-0.3, -0.25) is 0 Å². The van der Waals surface area contributed by atoms with Crippen molar-refractivity contribution in [3.05, 3.63) is 29.3 Å². The van der Waals surface area contributed by atoms with E-state index in [-0.39, 0.29) is 0 Å². The third-order valence-corrected chi connectivity index (χ3v) is 1.35. The molecule has 0 aliphatic rings. The zero-order chi connectivity index (χ0) is 24.5. The molecule has 1 N–H and O–H groups in total. The van der Waals surface area contributed by atoms with Crippen LogP contribution in [0.5, 0.6) is 5.75 Å². The minimum atomic E-state index is -3.80. The van der Waals surface area contributed by atoms with Crippen LogP contribution >= 0.6 is 0 Å². The van der Waals surface area contributed by atoms with Crippen LogP contribution in [0.2, 0.25) is 0 Å². The SMILES string of the molecule is [2H]c1c([2H])c(C([2H])(C([2H])([2H])[2H])C([2H])([2H])[2H])c(O)c(C([2H])(C([2H])([2H])[2H])C([2H])([2H])[2H])c1[2H]. The number of hydrogen-bond donors (Lipinski definition) is 1. The van der Waals surface area contributed by atoms with Crippen LogP contribution in [0.3, 0.4) is 0 Å². The zero-order valence-corrected chi connectivity index (χ0v) is 6.45. The van der Waals surface area contributed by atoms with E-state index in [0.29, 0.717) is 0 Å². The maximum absolute atomic E-state index is 10.6. The monoisotopic (exact) mass is 195 g/mol. The summed E-state index contributed by atoms with van der Waals surface area (Å²) in [4.78, 5) is 0. The third kappa shape index (κ3) is 2.03. The first-order valence-electron chi connectivity index (χ1n) is 11.7. The normalized spacial score (nSPS) is 35.8. The van der Waals surface area contributed by atoms with E-state index < -0.39 is 74.2 Å². The van der Waals surface area contributed by atoms with Gasteiger partial charge in [0.2, 0.25) is 0 Å². The summed E-state index contributed by atoms with van der Waals surface area (Å²) >= 11 is 0. The number of para-hydroxylation sites is 1. The second kappa shape index (κ2) is 3.82. The fraction of sp³-hybridized carbons (Fsp3) is 0.500. The first kappa shape index (κ1) is 1.73. The van der Waals surface area contributed by atoms with E-state index in [1.807, 2.05) is 0 Å². The van der Waals surface area contributed by atoms with Crippen molar-refractivity contribution >= 4 is 0 Å². The summed E-state index contributed by atoms with van der Waals surface area (Å²) in [6.07, 6.45) is 0. The van der Waals surface area contributed by atoms with Gasteiger partial charge in [0.15, 0.2) is 0 Å². The Labute approximate surface area is 104 Å². The molecule has 0 radical (unpaired) electrons. The fourth-order valence-electron chi connectivity index (χ4n) is 0.761. The Morgan fingerprint density at radius 2 is 1.69 bits per heavy atom. The van der Waals surface area contributed by atoms with Gasteiger partial charge >= 0.3 is 0 Å². The number of hydrogen-bond acceptors (Lipinski definition) is 1. The quantitative estimate of drug-likeness (QED) is 0.764. The molecule has 0 heterocycles. The third-order valence-electron chi connectivity index (χ3n) is 1.35. The summed E-state index contributed by atoms with van der Waals surface area (Å²) in [5, 5.41) is 10.6. The summed E-state index contributed by atoms with van der Waals surface area (Å²) in [6, 6.07) is -4.11. The molecule has 1 heteroatoms. The number of phenols is 1. The molecule has 0 amide bonds. The van der Waals surface area contributed by atoms with Gasteiger partial charge in [-0.2, -0.15) is 0 Å². The molecule has 1 aromatic carbocycles. The molecule has 0 spiro atoms. The van der Waals surface area contributed by atoms with Gasteiger partial charge in [0.05, 0.1) is 4.11 Å². The summed E-state index contributed by atoms with van der Waals surface area (Å²) < 4.78 is 130. The molecule has 0 aromatic heterocycles. The van der Waals surface area contributed by atoms with Crippen LogP contribution in [0.4, 0.5) is 0 Å². The Morgan fingerprint density at radius 3 is 2.08 bits per heavy atom. The molecule has 72 valence electrons. The molecule has 1 rings (SSSR count). The van der Waals surface area contributed by atoms with Crippen molar-refractivity contribution in [2.24, 2.45) is 0 Å². The fourth-order valence-corrected chi connectivity index (χ4v) is 0.761. The molecular weight excluding hydrogens is 160 g/mol. The predicted molar refractivity (Wildman–Crippen MR) is 56.3 cm³/mol. The standard InChI is InChI=1S/C12H18O/c1-8(2)10-6-5-7-11(9(3)4)12(10)13/h5-9,13H,1-4H3/i1D3,2D3,3D3,4D3,5D,6D,7D,8D,9D. The lowest BCUT2D eigenvalue weighted by molar-refractivity contribution is 0.454. The highest BCUT2D eigenvalue weighted by Gasteiger charge is 2.11. The summed E-state index contributed by atoms with van der Waals surface area (Å²) in [6.45, 7) is -15.1. The van der Waals surface area contributed by atoms with Crippen LogP contribution in [0.25, 0.3) is 0 Å². The van der Waals surface area contributed by atoms with Gasteiger partial charge in [0, 0.05) is 19.2 Å². The second-order valence-electron chi connectivity index (χ2n) is 2.22. The van der Waals surface area contributed by atoms with Gasteiger partial charge in [-0.05, 0) is 22.9 Å². The van der Waals surface area contributed by atoms with Crippen molar-refractivity contribution in [3.8, 4) is 5.75 Å². The largest absolute Gasteiger partial charge is 0.507 e. The lowest BCUT2D eigenvalue weighted by atomic mass is 9.94. The van der Waals surface area contributed by atoms with E-state index in [2.05, 4.69) is 0 Å². The molecule has 0 fully saturated rings. The van der Waals surface area contributed by atoms with Crippen molar-refractivity contribution in [1.82, 2.24) is 0 Å². The average molecular weight is 195 g/mol. The van der Waals surface area contributed by atoms with E-state index in [1.165, 1.54) is 0 Å². The molecule has 0 aliphatic heterocycles. The van der Waals surface area contributed by atoms with E-state index in [4.69, 9.17) is 23.3 Å². The van der Waals surface area contributed by atoms with Crippen LogP contribution in [-0.2, 0) is 0 Å². The van der Waals surface area contributed by atoms with Gasteiger partial charge < -0.3 is 5.11 Å². The minimum Gasteiger partial charge on any atom is -0.507 e. The molecule has 0 atom stereocenters. The Kier molecular flexibility index (Phi) is 0.509. The zero-order valence-electron chi connectivity index (χ0n) is 23.4. The molecule has 13 heavy (non-hydrogen) atoms. The van der Waals surface area contributed by atoms with Crippen molar-refractivity contribution in [1.29, 1.82) is 0 Å². The molecule has 0 bridgehead atoms. The van der Waals surface area contributed by atoms with Gasteiger partial charge in [0.1, 0.15) is 5.75 Å². The highest BCUT2D eigenvalue weighted by molar-refractivity contribution is 5.43. The smallest absolute Gasteiger partial charge is 0.122 e. The second-order valence-corrected chi connectivity index (χ2v) is 2.22. The predicted octanol–water partition coefficient (Wildman–Crippen LogP) is 3.64. The van der Waals surface area contributed by atoms with Gasteiger partial charge in [0.25, 0.3) is 0 Å². The molecule has 1 aromatic rings. The molecule has 0 saturated heterocycles. The number of rotatable bonds is 2. The Morgan fingerprint density at radius 1 is 1.23 bits per heavy atom. The highest BCUT2D eigenvalue weighted by Crippen LogP contribution is 2.32. The van der Waals surface area contributed by atoms with Crippen LogP contribution < -0.4 is 0 Å². The van der Waals surface area contributed by atoms with Crippen molar-refractivity contribution < 1.29 is 28.4 Å². The van der Waals surface area contributed by atoms with Crippen molar-refractivity contribution in [3.63, 3.8) is 0 Å². The van der Waals surface area contributed by atoms with E-state index in [0.717, 1.165) is 0 Å². The van der Waals surface area contributed by atoms with Crippen molar-refractivity contribution in [2.75, 3.05) is 0 Å². The van der Waals surface area contributed by atoms with Crippen LogP contribution in [-0.4, -0.2) is 5.11 Å². The number of phenolic OH excluding ortho intramolecular Hbond substituents is 1. The molecule has 0 saturated carbocycles. The maximum Gasteiger partial charge on any atom is 0.122 e. The average Bonchev–Trinajstić information content (AvgIpc) is 2.48. The maximum atomic E-state index is 10.6. The number of aromatic hydroxyl groups is 1. The molecule has 0 unspecified atom stereocenters. The lowest BCUT2D eigenvalue weighted by Gasteiger charge is -2.14. The first-order chi connectivity index (χ1) is 12.9. The van der Waals surface area contributed by atoms with Crippen LogP contribution in [0, 0.1) is 0 Å². The van der Waals surface area contributed by atoms with Gasteiger partial charge in [-0.1, -0.05) is 45.5 Å². The van der Waals surface area contributed by atoms with E-state index in [9.17, 15) is 5.11 Å². The van der Waals surface area contributed by atoms with Crippen LogP contribution in [0.1, 0.15) is 73.6 Å². The van der Waals surface area contributed by atoms with Gasteiger partial charge in [-0.15, -0.1) is 0 Å². The molecule has 1 nitrogen and oxygen atoms in total. The summed E-state index contributed by atoms with van der Waals surface area (Å²) in [7, 11) is 0. The topological polar surface area (TPSA) is 20.2 Å². The Bertz CT molecular complexity index is 731. The van der Waals surface area contributed by atoms with Gasteiger partial charge in [-0.25, -0.2) is 0 Å². The van der Waals surface area contributed by atoms with E-state index >= 15 is 0 Å². The first-order valence-corrected chi connectivity index (χ1v) is 3.22. The number of benzene rings is 1. The van der Waals surface area contributed by atoms with E-state index in [1.54, 1.807) is 0 Å². The summed E-state index contributed by atoms with van der Waals surface area (Å²) in [5.74, 6) is -9.39. The molecule has 0 aliphatic carbocycles. The summed E-state index contributed by atoms with van der Waals surface area (Å²) in [5.41, 5.74) is -3.16. The molecular formula is C12H18O. The minimum absolute atomic E-state index is 1.34.